The van der Waals surface area contributed by atoms with Crippen LogP contribution in [0.4, 0.5) is 17.1 Å². The summed E-state index contributed by atoms with van der Waals surface area (Å²) in [5.41, 5.74) is 0.887. The first-order chi connectivity index (χ1) is 13.9. The molecule has 0 bridgehead atoms. The van der Waals surface area contributed by atoms with Gasteiger partial charge < -0.3 is 4.90 Å². The van der Waals surface area contributed by atoms with Crippen molar-refractivity contribution in [2.24, 2.45) is 23.7 Å². The SMILES string of the molecule is CCCN(CC1CC1)c1ccc(N2C(=O)[C@@H]3CC[C@@H](C)C[C@H]3C2=O)cc1[N+](=O)[O-]. The van der Waals surface area contributed by atoms with Crippen molar-refractivity contribution in [1.29, 1.82) is 0 Å². The summed E-state index contributed by atoms with van der Waals surface area (Å²) in [5, 5.41) is 11.8. The van der Waals surface area contributed by atoms with E-state index in [-0.39, 0.29) is 29.3 Å². The quantitative estimate of drug-likeness (QED) is 0.391. The van der Waals surface area contributed by atoms with E-state index in [1.807, 2.05) is 0 Å². The molecule has 3 atom stereocenters. The first-order valence-corrected chi connectivity index (χ1v) is 10.8. The fraction of sp³-hybridized carbons (Fsp3) is 0.636. The van der Waals surface area contributed by atoms with Gasteiger partial charge in [0.25, 0.3) is 5.69 Å². The Morgan fingerprint density at radius 3 is 2.52 bits per heavy atom. The van der Waals surface area contributed by atoms with Gasteiger partial charge in [-0.3, -0.25) is 19.7 Å². The molecule has 0 radical (unpaired) electrons. The number of rotatable bonds is 7. The molecule has 3 aliphatic rings. The van der Waals surface area contributed by atoms with Crippen LogP contribution in [0.2, 0.25) is 0 Å². The number of nitrogens with zero attached hydrogens (tertiary/aromatic N) is 3. The Bertz CT molecular complexity index is 835. The highest BCUT2D eigenvalue weighted by Crippen LogP contribution is 2.44. The molecule has 1 aliphatic heterocycles. The van der Waals surface area contributed by atoms with Gasteiger partial charge in [-0.2, -0.15) is 0 Å². The first-order valence-electron chi connectivity index (χ1n) is 10.8. The van der Waals surface area contributed by atoms with Crippen molar-refractivity contribution in [1.82, 2.24) is 0 Å². The van der Waals surface area contributed by atoms with Gasteiger partial charge in [0, 0.05) is 19.2 Å². The highest BCUT2D eigenvalue weighted by molar-refractivity contribution is 6.22. The monoisotopic (exact) mass is 399 g/mol. The lowest BCUT2D eigenvalue weighted by Crippen LogP contribution is -2.31. The van der Waals surface area contributed by atoms with E-state index < -0.39 is 4.92 Å². The van der Waals surface area contributed by atoms with E-state index in [9.17, 15) is 19.7 Å². The number of nitro benzene ring substituents is 1. The predicted molar refractivity (Wildman–Crippen MR) is 111 cm³/mol. The molecule has 0 spiro atoms. The molecule has 2 amide bonds. The van der Waals surface area contributed by atoms with Crippen molar-refractivity contribution in [2.75, 3.05) is 22.9 Å². The van der Waals surface area contributed by atoms with E-state index in [0.29, 0.717) is 23.2 Å². The van der Waals surface area contributed by atoms with Crippen LogP contribution in [-0.4, -0.2) is 29.8 Å². The maximum absolute atomic E-state index is 13.0. The molecule has 156 valence electrons. The summed E-state index contributed by atoms with van der Waals surface area (Å²) in [6, 6.07) is 4.84. The van der Waals surface area contributed by atoms with Gasteiger partial charge in [-0.25, -0.2) is 4.90 Å². The molecular formula is C22H29N3O4. The molecular weight excluding hydrogens is 370 g/mol. The summed E-state index contributed by atoms with van der Waals surface area (Å²) >= 11 is 0. The standard InChI is InChI=1S/C22H29N3O4/c1-3-10-23(13-15-5-6-15)19-9-7-16(12-20(19)25(28)29)24-21(26)17-8-4-14(2)11-18(17)22(24)27/h7,9,12,14-15,17-18H,3-6,8,10-11,13H2,1-2H3/t14-,17-,18-/m1/s1. The zero-order valence-electron chi connectivity index (χ0n) is 17.2. The number of anilines is 2. The van der Waals surface area contributed by atoms with Crippen molar-refractivity contribution in [3.63, 3.8) is 0 Å². The van der Waals surface area contributed by atoms with Crippen LogP contribution in [-0.2, 0) is 9.59 Å². The molecule has 3 fully saturated rings. The van der Waals surface area contributed by atoms with Crippen molar-refractivity contribution >= 4 is 28.9 Å². The molecule has 0 N–H and O–H groups in total. The fourth-order valence-electron chi connectivity index (χ4n) is 4.90. The van der Waals surface area contributed by atoms with E-state index in [2.05, 4.69) is 18.7 Å². The van der Waals surface area contributed by atoms with Crippen molar-refractivity contribution in [2.45, 2.75) is 52.4 Å². The molecule has 29 heavy (non-hydrogen) atoms. The Morgan fingerprint density at radius 2 is 1.86 bits per heavy atom. The van der Waals surface area contributed by atoms with Gasteiger partial charge >= 0.3 is 0 Å². The molecule has 7 heteroatoms. The molecule has 7 nitrogen and oxygen atoms in total. The minimum Gasteiger partial charge on any atom is -0.366 e. The lowest BCUT2D eigenvalue weighted by Gasteiger charge is -2.25. The summed E-state index contributed by atoms with van der Waals surface area (Å²) in [6.45, 7) is 5.74. The summed E-state index contributed by atoms with van der Waals surface area (Å²) in [7, 11) is 0. The molecule has 0 unspecified atom stereocenters. The number of carbonyl (C=O) groups excluding carboxylic acids is 2. The predicted octanol–water partition coefficient (Wildman–Crippen LogP) is 4.15. The summed E-state index contributed by atoms with van der Waals surface area (Å²) in [6.07, 6.45) is 5.63. The highest BCUT2D eigenvalue weighted by atomic mass is 16.6. The molecule has 0 aromatic heterocycles. The number of hydrogen-bond donors (Lipinski definition) is 0. The van der Waals surface area contributed by atoms with Crippen molar-refractivity contribution in [3.8, 4) is 0 Å². The van der Waals surface area contributed by atoms with Crippen LogP contribution in [0, 0.1) is 33.8 Å². The van der Waals surface area contributed by atoms with Gasteiger partial charge in [-0.15, -0.1) is 0 Å². The molecule has 1 aromatic carbocycles. The number of hydrogen-bond acceptors (Lipinski definition) is 5. The smallest absolute Gasteiger partial charge is 0.294 e. The molecule has 2 aliphatic carbocycles. The minimum absolute atomic E-state index is 0.0274. The van der Waals surface area contributed by atoms with Gasteiger partial charge in [0.1, 0.15) is 5.69 Å². The highest BCUT2D eigenvalue weighted by Gasteiger charge is 2.50. The third-order valence-electron chi connectivity index (χ3n) is 6.61. The van der Waals surface area contributed by atoms with E-state index in [0.717, 1.165) is 38.8 Å². The first kappa shape index (κ1) is 19.9. The van der Waals surface area contributed by atoms with Crippen molar-refractivity contribution in [3.05, 3.63) is 28.3 Å². The second-order valence-electron chi connectivity index (χ2n) is 8.96. The van der Waals surface area contributed by atoms with Crippen LogP contribution < -0.4 is 9.80 Å². The third kappa shape index (κ3) is 3.74. The Labute approximate surface area is 171 Å². The largest absolute Gasteiger partial charge is 0.366 e. The molecule has 2 saturated carbocycles. The summed E-state index contributed by atoms with van der Waals surface area (Å²) in [4.78, 5) is 40.6. The van der Waals surface area contributed by atoms with Crippen molar-refractivity contribution < 1.29 is 14.5 Å². The number of fused-ring (bicyclic) bond motifs is 1. The van der Waals surface area contributed by atoms with Crippen LogP contribution in [0.3, 0.4) is 0 Å². The maximum Gasteiger partial charge on any atom is 0.294 e. The normalized spacial score (nSPS) is 26.6. The number of nitro groups is 1. The maximum atomic E-state index is 13.0. The van der Waals surface area contributed by atoms with Gasteiger partial charge in [0.05, 0.1) is 22.4 Å². The zero-order valence-corrected chi connectivity index (χ0v) is 17.2. The number of amides is 2. The average Bonchev–Trinajstić information content (AvgIpc) is 3.47. The van der Waals surface area contributed by atoms with Crippen LogP contribution in [0.5, 0.6) is 0 Å². The van der Waals surface area contributed by atoms with Gasteiger partial charge in [-0.05, 0) is 62.5 Å². The Hall–Kier alpha value is -2.44. The van der Waals surface area contributed by atoms with Gasteiger partial charge in [0.15, 0.2) is 0 Å². The molecule has 1 heterocycles. The fourth-order valence-corrected chi connectivity index (χ4v) is 4.90. The van der Waals surface area contributed by atoms with Crippen LogP contribution >= 0.6 is 0 Å². The van der Waals surface area contributed by atoms with Crippen LogP contribution in [0.1, 0.15) is 52.4 Å². The second-order valence-corrected chi connectivity index (χ2v) is 8.96. The number of imide groups is 1. The lowest BCUT2D eigenvalue weighted by atomic mass is 9.76. The van der Waals surface area contributed by atoms with E-state index in [4.69, 9.17) is 0 Å². The number of carbonyl (C=O) groups is 2. The molecule has 1 aromatic rings. The lowest BCUT2D eigenvalue weighted by molar-refractivity contribution is -0.384. The minimum atomic E-state index is -0.394. The topological polar surface area (TPSA) is 83.8 Å². The Morgan fingerprint density at radius 1 is 1.14 bits per heavy atom. The average molecular weight is 399 g/mol. The summed E-state index contributed by atoms with van der Waals surface area (Å²) in [5.74, 6) is 0.0806. The number of benzene rings is 1. The molecule has 4 rings (SSSR count). The summed E-state index contributed by atoms with van der Waals surface area (Å²) < 4.78 is 0. The third-order valence-corrected chi connectivity index (χ3v) is 6.61. The van der Waals surface area contributed by atoms with Gasteiger partial charge in [0.2, 0.25) is 11.8 Å². The zero-order chi connectivity index (χ0) is 20.7. The van der Waals surface area contributed by atoms with E-state index in [1.54, 1.807) is 12.1 Å². The van der Waals surface area contributed by atoms with Gasteiger partial charge in [-0.1, -0.05) is 13.8 Å². The van der Waals surface area contributed by atoms with Crippen LogP contribution in [0.15, 0.2) is 18.2 Å². The van der Waals surface area contributed by atoms with E-state index in [1.165, 1.54) is 23.8 Å². The van der Waals surface area contributed by atoms with E-state index >= 15 is 0 Å². The Kier molecular flexibility index (Phi) is 5.32. The van der Waals surface area contributed by atoms with Crippen LogP contribution in [0.25, 0.3) is 0 Å². The second kappa shape index (κ2) is 7.76. The molecule has 1 saturated heterocycles. The Balaban J connectivity index is 1.66.